The quantitative estimate of drug-likeness (QED) is 0.711. The Morgan fingerprint density at radius 3 is 1.95 bits per heavy atom. The van der Waals surface area contributed by atoms with Gasteiger partial charge in [0.15, 0.2) is 0 Å². The minimum atomic E-state index is 0.241. The van der Waals surface area contributed by atoms with Crippen LogP contribution in [0.25, 0.3) is 0 Å². The molecule has 1 aromatic rings. The lowest BCUT2D eigenvalue weighted by Gasteiger charge is -2.31. The molecule has 1 unspecified atom stereocenters. The number of hydrogen-bond donors (Lipinski definition) is 1. The highest BCUT2D eigenvalue weighted by atomic mass is 14.9. The maximum Gasteiger partial charge on any atom is -0.00123 e. The van der Waals surface area contributed by atoms with E-state index in [0.29, 0.717) is 11.3 Å². The summed E-state index contributed by atoms with van der Waals surface area (Å²) in [6, 6.07) is 9.24. The zero-order valence-corrected chi connectivity index (χ0v) is 15.2. The molecule has 21 heavy (non-hydrogen) atoms. The van der Waals surface area contributed by atoms with Gasteiger partial charge in [-0.1, -0.05) is 72.7 Å². The van der Waals surface area contributed by atoms with Crippen LogP contribution in [0.2, 0.25) is 0 Å². The van der Waals surface area contributed by atoms with Crippen LogP contribution in [-0.2, 0) is 11.8 Å². The van der Waals surface area contributed by atoms with E-state index < -0.39 is 0 Å². The van der Waals surface area contributed by atoms with Crippen molar-refractivity contribution >= 4 is 0 Å². The van der Waals surface area contributed by atoms with Gasteiger partial charge in [-0.25, -0.2) is 0 Å². The number of hydrogen-bond acceptors (Lipinski definition) is 1. The fourth-order valence-corrected chi connectivity index (χ4v) is 2.56. The van der Waals surface area contributed by atoms with E-state index in [4.69, 9.17) is 0 Å². The topological polar surface area (TPSA) is 12.0 Å². The van der Waals surface area contributed by atoms with E-state index in [1.54, 1.807) is 0 Å². The Labute approximate surface area is 132 Å². The van der Waals surface area contributed by atoms with Crippen LogP contribution in [0, 0.1) is 11.3 Å². The van der Waals surface area contributed by atoms with E-state index in [9.17, 15) is 0 Å². The summed E-state index contributed by atoms with van der Waals surface area (Å²) in [7, 11) is 0. The van der Waals surface area contributed by atoms with E-state index in [2.05, 4.69) is 78.0 Å². The molecule has 0 aliphatic heterocycles. The molecule has 0 bridgehead atoms. The maximum atomic E-state index is 3.60. The second-order valence-corrected chi connectivity index (χ2v) is 8.42. The fourth-order valence-electron chi connectivity index (χ4n) is 2.56. The minimum absolute atomic E-state index is 0.241. The Balaban J connectivity index is 2.74. The van der Waals surface area contributed by atoms with Gasteiger partial charge in [-0.2, -0.15) is 0 Å². The second-order valence-electron chi connectivity index (χ2n) is 8.42. The third kappa shape index (κ3) is 6.22. The highest BCUT2D eigenvalue weighted by molar-refractivity contribution is 5.27. The first-order valence-corrected chi connectivity index (χ1v) is 8.44. The van der Waals surface area contributed by atoms with E-state index in [0.717, 1.165) is 19.5 Å². The van der Waals surface area contributed by atoms with Crippen LogP contribution < -0.4 is 5.32 Å². The van der Waals surface area contributed by atoms with Gasteiger partial charge in [-0.3, -0.25) is 0 Å². The smallest absolute Gasteiger partial charge is 0.00123 e. The van der Waals surface area contributed by atoms with Gasteiger partial charge in [-0.15, -0.1) is 0 Å². The lowest BCUT2D eigenvalue weighted by molar-refractivity contribution is 0.231. The molecule has 0 aromatic heterocycles. The first-order chi connectivity index (χ1) is 9.64. The molecule has 1 atom stereocenters. The molecule has 0 heterocycles. The Bertz CT molecular complexity index is 403. The number of nitrogens with one attached hydrogen (secondary N) is 1. The SMILES string of the molecule is CCCNCC(Cc1ccc(C(C)(C)C)cc1)C(C)(C)C. The zero-order chi connectivity index (χ0) is 16.1. The Morgan fingerprint density at radius 1 is 0.952 bits per heavy atom. The first kappa shape index (κ1) is 18.2. The monoisotopic (exact) mass is 289 g/mol. The summed E-state index contributed by atoms with van der Waals surface area (Å²) in [6.07, 6.45) is 2.36. The van der Waals surface area contributed by atoms with Gasteiger partial charge in [0, 0.05) is 0 Å². The summed E-state index contributed by atoms with van der Waals surface area (Å²) in [5.74, 6) is 0.671. The van der Waals surface area contributed by atoms with E-state index in [-0.39, 0.29) is 5.41 Å². The molecule has 1 aromatic carbocycles. The predicted octanol–water partition coefficient (Wildman–Crippen LogP) is 5.19. The maximum absolute atomic E-state index is 3.60. The fraction of sp³-hybridized carbons (Fsp3) is 0.700. The van der Waals surface area contributed by atoms with E-state index in [1.807, 2.05) is 0 Å². The molecular formula is C20H35N. The zero-order valence-electron chi connectivity index (χ0n) is 15.2. The summed E-state index contributed by atoms with van der Waals surface area (Å²) < 4.78 is 0. The molecule has 0 saturated carbocycles. The van der Waals surface area contributed by atoms with Crippen molar-refractivity contribution in [2.24, 2.45) is 11.3 Å². The van der Waals surface area contributed by atoms with Crippen molar-refractivity contribution in [2.45, 2.75) is 66.7 Å². The van der Waals surface area contributed by atoms with Crippen molar-refractivity contribution in [3.8, 4) is 0 Å². The molecule has 1 nitrogen and oxygen atoms in total. The van der Waals surface area contributed by atoms with Gasteiger partial charge in [0.2, 0.25) is 0 Å². The number of rotatable bonds is 6. The van der Waals surface area contributed by atoms with Crippen LogP contribution in [-0.4, -0.2) is 13.1 Å². The summed E-state index contributed by atoms with van der Waals surface area (Å²) in [5.41, 5.74) is 3.46. The largest absolute Gasteiger partial charge is 0.316 e. The number of benzene rings is 1. The average molecular weight is 290 g/mol. The van der Waals surface area contributed by atoms with E-state index >= 15 is 0 Å². The van der Waals surface area contributed by atoms with Crippen molar-refractivity contribution in [3.63, 3.8) is 0 Å². The van der Waals surface area contributed by atoms with Gasteiger partial charge in [0.1, 0.15) is 0 Å². The Kier molecular flexibility index (Phi) is 6.46. The van der Waals surface area contributed by atoms with Gasteiger partial charge in [-0.05, 0) is 53.8 Å². The van der Waals surface area contributed by atoms with Gasteiger partial charge in [0.25, 0.3) is 0 Å². The molecule has 1 rings (SSSR count). The molecule has 0 aliphatic rings. The lowest BCUT2D eigenvalue weighted by atomic mass is 9.76. The molecule has 0 spiro atoms. The standard InChI is InChI=1S/C20H35N/c1-8-13-21-15-18(20(5,6)7)14-16-9-11-17(12-10-16)19(2,3)4/h9-12,18,21H,8,13-15H2,1-7H3. The highest BCUT2D eigenvalue weighted by Crippen LogP contribution is 2.29. The van der Waals surface area contributed by atoms with Crippen molar-refractivity contribution < 1.29 is 0 Å². The molecule has 0 aliphatic carbocycles. The molecule has 0 saturated heterocycles. The van der Waals surface area contributed by atoms with E-state index in [1.165, 1.54) is 17.5 Å². The third-order valence-electron chi connectivity index (χ3n) is 4.34. The summed E-state index contributed by atoms with van der Waals surface area (Å²) >= 11 is 0. The molecule has 0 radical (unpaired) electrons. The molecule has 1 N–H and O–H groups in total. The van der Waals surface area contributed by atoms with Crippen molar-refractivity contribution in [3.05, 3.63) is 35.4 Å². The normalized spacial score (nSPS) is 14.2. The van der Waals surface area contributed by atoms with Crippen molar-refractivity contribution in [2.75, 3.05) is 13.1 Å². The summed E-state index contributed by atoms with van der Waals surface area (Å²) in [6.45, 7) is 18.3. The van der Waals surface area contributed by atoms with Crippen LogP contribution in [0.3, 0.4) is 0 Å². The minimum Gasteiger partial charge on any atom is -0.316 e. The highest BCUT2D eigenvalue weighted by Gasteiger charge is 2.24. The molecular weight excluding hydrogens is 254 g/mol. The average Bonchev–Trinajstić information content (AvgIpc) is 2.36. The predicted molar refractivity (Wildman–Crippen MR) is 95.0 cm³/mol. The molecule has 0 amide bonds. The first-order valence-electron chi connectivity index (χ1n) is 8.44. The summed E-state index contributed by atoms with van der Waals surface area (Å²) in [4.78, 5) is 0. The van der Waals surface area contributed by atoms with Crippen LogP contribution in [0.5, 0.6) is 0 Å². The van der Waals surface area contributed by atoms with Crippen molar-refractivity contribution in [1.29, 1.82) is 0 Å². The summed E-state index contributed by atoms with van der Waals surface area (Å²) in [5, 5.41) is 3.60. The van der Waals surface area contributed by atoms with Gasteiger partial charge in [0.05, 0.1) is 0 Å². The van der Waals surface area contributed by atoms with Crippen LogP contribution in [0.15, 0.2) is 24.3 Å². The Morgan fingerprint density at radius 2 is 1.52 bits per heavy atom. The lowest BCUT2D eigenvalue weighted by Crippen LogP contribution is -2.33. The molecule has 1 heteroatoms. The van der Waals surface area contributed by atoms with Crippen LogP contribution in [0.1, 0.15) is 66.0 Å². The Hall–Kier alpha value is -0.820. The molecule has 0 fully saturated rings. The van der Waals surface area contributed by atoms with Crippen molar-refractivity contribution in [1.82, 2.24) is 5.32 Å². The third-order valence-corrected chi connectivity index (χ3v) is 4.34. The van der Waals surface area contributed by atoms with Gasteiger partial charge < -0.3 is 5.32 Å². The second kappa shape index (κ2) is 7.45. The van der Waals surface area contributed by atoms with Gasteiger partial charge >= 0.3 is 0 Å². The molecule has 120 valence electrons. The van der Waals surface area contributed by atoms with Crippen LogP contribution >= 0.6 is 0 Å². The van der Waals surface area contributed by atoms with Crippen LogP contribution in [0.4, 0.5) is 0 Å².